The van der Waals surface area contributed by atoms with Crippen molar-refractivity contribution in [1.29, 1.82) is 0 Å². The summed E-state index contributed by atoms with van der Waals surface area (Å²) in [4.78, 5) is 36.0. The Bertz CT molecular complexity index is 1100. The molecule has 0 saturated heterocycles. The van der Waals surface area contributed by atoms with Gasteiger partial charge in [0, 0.05) is 12.2 Å². The van der Waals surface area contributed by atoms with Gasteiger partial charge in [-0.25, -0.2) is 4.79 Å². The third kappa shape index (κ3) is 4.94. The quantitative estimate of drug-likeness (QED) is 0.490. The van der Waals surface area contributed by atoms with Gasteiger partial charge in [0.15, 0.2) is 0 Å². The summed E-state index contributed by atoms with van der Waals surface area (Å²) in [6.07, 6.45) is -0.185. The number of urea groups is 1. The maximum absolute atomic E-state index is 12.7. The normalized spacial score (nSPS) is 10.5. The van der Waals surface area contributed by atoms with Crippen LogP contribution in [0.5, 0.6) is 0 Å². The minimum Gasteiger partial charge on any atom is -0.481 e. The number of aryl methyl sites for hydroxylation is 2. The van der Waals surface area contributed by atoms with Crippen molar-refractivity contribution in [2.45, 2.75) is 20.3 Å². The van der Waals surface area contributed by atoms with E-state index in [2.05, 4.69) is 16.0 Å². The molecule has 0 unspecified atom stereocenters. The number of para-hydroxylation sites is 1. The number of carbonyl (C=O) groups is 3. The maximum Gasteiger partial charge on any atom is 0.323 e. The molecule has 0 saturated carbocycles. The molecule has 3 rings (SSSR count). The average Bonchev–Trinajstić information content (AvgIpc) is 2.70. The van der Waals surface area contributed by atoms with E-state index in [4.69, 9.17) is 5.11 Å². The van der Waals surface area contributed by atoms with Gasteiger partial charge < -0.3 is 21.1 Å². The minimum atomic E-state index is -1.000. The van der Waals surface area contributed by atoms with E-state index < -0.39 is 17.9 Å². The van der Waals surface area contributed by atoms with Crippen LogP contribution in [-0.4, -0.2) is 29.6 Å². The van der Waals surface area contributed by atoms with Crippen LogP contribution in [0.25, 0.3) is 10.8 Å². The van der Waals surface area contributed by atoms with Crippen molar-refractivity contribution in [2.24, 2.45) is 0 Å². The summed E-state index contributed by atoms with van der Waals surface area (Å²) in [6, 6.07) is 16.1. The summed E-state index contributed by atoms with van der Waals surface area (Å²) in [5, 5.41) is 18.7. The number of anilines is 2. The molecular formula is C23H23N3O4. The van der Waals surface area contributed by atoms with Gasteiger partial charge in [-0.05, 0) is 47.9 Å². The van der Waals surface area contributed by atoms with Crippen molar-refractivity contribution in [3.63, 3.8) is 0 Å². The predicted octanol–water partition coefficient (Wildman–Crippen LogP) is 4.31. The molecule has 4 N–H and O–H groups in total. The van der Waals surface area contributed by atoms with Crippen LogP contribution in [0.1, 0.15) is 27.9 Å². The molecule has 7 heteroatoms. The second-order valence-corrected chi connectivity index (χ2v) is 6.99. The average molecular weight is 405 g/mol. The van der Waals surface area contributed by atoms with Crippen LogP contribution in [0.2, 0.25) is 0 Å². The molecule has 0 bridgehead atoms. The Hall–Kier alpha value is -3.87. The van der Waals surface area contributed by atoms with Gasteiger partial charge in [0.1, 0.15) is 0 Å². The fourth-order valence-corrected chi connectivity index (χ4v) is 3.19. The molecule has 0 aliphatic carbocycles. The van der Waals surface area contributed by atoms with Crippen molar-refractivity contribution in [2.75, 3.05) is 17.2 Å². The van der Waals surface area contributed by atoms with Crippen molar-refractivity contribution in [1.82, 2.24) is 5.32 Å². The van der Waals surface area contributed by atoms with E-state index in [-0.39, 0.29) is 18.5 Å². The Morgan fingerprint density at radius 2 is 1.50 bits per heavy atom. The number of carbonyl (C=O) groups excluding carboxylic acids is 2. The molecule has 0 atom stereocenters. The van der Waals surface area contributed by atoms with E-state index in [1.165, 1.54) is 0 Å². The van der Waals surface area contributed by atoms with Crippen LogP contribution in [-0.2, 0) is 4.79 Å². The van der Waals surface area contributed by atoms with E-state index in [0.29, 0.717) is 11.4 Å². The van der Waals surface area contributed by atoms with E-state index in [9.17, 15) is 14.4 Å². The Balaban J connectivity index is 1.88. The first-order chi connectivity index (χ1) is 14.3. The first-order valence-corrected chi connectivity index (χ1v) is 9.52. The lowest BCUT2D eigenvalue weighted by molar-refractivity contribution is -0.136. The number of hydrogen-bond acceptors (Lipinski definition) is 3. The van der Waals surface area contributed by atoms with E-state index >= 15 is 0 Å². The molecule has 0 spiro atoms. The molecule has 3 aromatic carbocycles. The fourth-order valence-electron chi connectivity index (χ4n) is 3.19. The molecule has 154 valence electrons. The molecule has 0 aromatic heterocycles. The lowest BCUT2D eigenvalue weighted by Crippen LogP contribution is -2.28. The number of amides is 3. The van der Waals surface area contributed by atoms with Gasteiger partial charge >= 0.3 is 12.0 Å². The summed E-state index contributed by atoms with van der Waals surface area (Å²) < 4.78 is 0. The predicted molar refractivity (Wildman–Crippen MR) is 117 cm³/mol. The second kappa shape index (κ2) is 9.09. The number of hydrogen-bond donors (Lipinski definition) is 4. The SMILES string of the molecule is Cc1cccc(C)c1NC(=O)Nc1cc2ccccc2cc1C(=O)NCCC(=O)O. The number of rotatable bonds is 6. The number of carboxylic acid groups (broad SMARTS) is 1. The van der Waals surface area contributed by atoms with Gasteiger partial charge in [0.2, 0.25) is 0 Å². The van der Waals surface area contributed by atoms with Crippen molar-refractivity contribution < 1.29 is 19.5 Å². The van der Waals surface area contributed by atoms with Gasteiger partial charge in [-0.1, -0.05) is 42.5 Å². The minimum absolute atomic E-state index is 0.00493. The number of nitrogens with one attached hydrogen (secondary N) is 3. The molecule has 0 radical (unpaired) electrons. The molecule has 30 heavy (non-hydrogen) atoms. The smallest absolute Gasteiger partial charge is 0.323 e. The summed E-state index contributed by atoms with van der Waals surface area (Å²) in [7, 11) is 0. The second-order valence-electron chi connectivity index (χ2n) is 6.99. The highest BCUT2D eigenvalue weighted by molar-refractivity contribution is 6.10. The zero-order chi connectivity index (χ0) is 21.7. The zero-order valence-electron chi connectivity index (χ0n) is 16.8. The van der Waals surface area contributed by atoms with Crippen molar-refractivity contribution >= 4 is 40.1 Å². The highest BCUT2D eigenvalue weighted by Crippen LogP contribution is 2.25. The molecular weight excluding hydrogens is 382 g/mol. The monoisotopic (exact) mass is 405 g/mol. The van der Waals surface area contributed by atoms with E-state index in [1.54, 1.807) is 12.1 Å². The van der Waals surface area contributed by atoms with Gasteiger partial charge in [0.05, 0.1) is 17.7 Å². The number of fused-ring (bicyclic) bond motifs is 1. The first kappa shape index (κ1) is 20.9. The summed E-state index contributed by atoms with van der Waals surface area (Å²) >= 11 is 0. The van der Waals surface area contributed by atoms with Gasteiger partial charge in [0.25, 0.3) is 5.91 Å². The largest absolute Gasteiger partial charge is 0.481 e. The number of benzene rings is 3. The Morgan fingerprint density at radius 3 is 2.13 bits per heavy atom. The van der Waals surface area contributed by atoms with Crippen LogP contribution in [0.3, 0.4) is 0 Å². The topological polar surface area (TPSA) is 108 Å². The van der Waals surface area contributed by atoms with Crippen LogP contribution in [0.4, 0.5) is 16.2 Å². The van der Waals surface area contributed by atoms with Crippen LogP contribution < -0.4 is 16.0 Å². The standard InChI is InChI=1S/C23H23N3O4/c1-14-6-5-7-15(2)21(14)26-23(30)25-19-13-17-9-4-3-8-16(17)12-18(19)22(29)24-11-10-20(27)28/h3-9,12-13H,10-11H2,1-2H3,(H,24,29)(H,27,28)(H2,25,26,30). The molecule has 0 heterocycles. The van der Waals surface area contributed by atoms with Crippen LogP contribution in [0.15, 0.2) is 54.6 Å². The fraction of sp³-hybridized carbons (Fsp3) is 0.174. The van der Waals surface area contributed by atoms with Crippen molar-refractivity contribution in [3.05, 3.63) is 71.3 Å². The van der Waals surface area contributed by atoms with E-state index in [0.717, 1.165) is 21.9 Å². The highest BCUT2D eigenvalue weighted by Gasteiger charge is 2.16. The number of carboxylic acids is 1. The van der Waals surface area contributed by atoms with E-state index in [1.807, 2.05) is 56.3 Å². The third-order valence-electron chi connectivity index (χ3n) is 4.72. The van der Waals surface area contributed by atoms with Gasteiger partial charge in [-0.15, -0.1) is 0 Å². The molecule has 3 aromatic rings. The molecule has 0 aliphatic heterocycles. The van der Waals surface area contributed by atoms with Crippen molar-refractivity contribution in [3.8, 4) is 0 Å². The number of aliphatic carboxylic acids is 1. The molecule has 0 fully saturated rings. The lowest BCUT2D eigenvalue weighted by Gasteiger charge is -2.15. The Labute approximate surface area is 174 Å². The molecule has 7 nitrogen and oxygen atoms in total. The lowest BCUT2D eigenvalue weighted by atomic mass is 10.0. The molecule has 0 aliphatic rings. The summed E-state index contributed by atoms with van der Waals surface area (Å²) in [5.74, 6) is -1.45. The van der Waals surface area contributed by atoms with Crippen LogP contribution in [0, 0.1) is 13.8 Å². The highest BCUT2D eigenvalue weighted by atomic mass is 16.4. The van der Waals surface area contributed by atoms with Crippen LogP contribution >= 0.6 is 0 Å². The summed E-state index contributed by atoms with van der Waals surface area (Å²) in [5.41, 5.74) is 3.16. The van der Waals surface area contributed by atoms with Gasteiger partial charge in [-0.3, -0.25) is 9.59 Å². The maximum atomic E-state index is 12.7. The zero-order valence-corrected chi connectivity index (χ0v) is 16.8. The Kier molecular flexibility index (Phi) is 6.32. The molecule has 3 amide bonds. The third-order valence-corrected chi connectivity index (χ3v) is 4.72. The summed E-state index contributed by atoms with van der Waals surface area (Å²) in [6.45, 7) is 3.80. The van der Waals surface area contributed by atoms with Gasteiger partial charge in [-0.2, -0.15) is 0 Å². The first-order valence-electron chi connectivity index (χ1n) is 9.52. The Morgan fingerprint density at radius 1 is 0.867 bits per heavy atom.